The molecule has 1 aromatic rings. The number of aromatic nitrogens is 2. The quantitative estimate of drug-likeness (QED) is 0.584. The van der Waals surface area contributed by atoms with Crippen molar-refractivity contribution in [2.24, 2.45) is 10.7 Å². The zero-order valence-corrected chi connectivity index (χ0v) is 5.36. The summed E-state index contributed by atoms with van der Waals surface area (Å²) in [5, 5.41) is 6.38. The van der Waals surface area contributed by atoms with Gasteiger partial charge in [-0.1, -0.05) is 0 Å². The van der Waals surface area contributed by atoms with Gasteiger partial charge >= 0.3 is 0 Å². The van der Waals surface area contributed by atoms with Crippen LogP contribution in [0.2, 0.25) is 0 Å². The Morgan fingerprint density at radius 3 is 3.20 bits per heavy atom. The van der Waals surface area contributed by atoms with Gasteiger partial charge in [0.2, 0.25) is 0 Å². The van der Waals surface area contributed by atoms with Crippen LogP contribution in [0.3, 0.4) is 0 Å². The van der Waals surface area contributed by atoms with E-state index in [1.54, 1.807) is 24.6 Å². The molecule has 0 bridgehead atoms. The minimum Gasteiger partial charge on any atom is -0.405 e. The van der Waals surface area contributed by atoms with Crippen molar-refractivity contribution in [2.45, 2.75) is 0 Å². The monoisotopic (exact) mass is 136 g/mol. The first-order valence-electron chi connectivity index (χ1n) is 2.84. The van der Waals surface area contributed by atoms with Gasteiger partial charge in [-0.2, -0.15) is 5.10 Å². The van der Waals surface area contributed by atoms with E-state index in [1.807, 2.05) is 0 Å². The van der Waals surface area contributed by atoms with Crippen LogP contribution >= 0.6 is 0 Å². The molecule has 52 valence electrons. The van der Waals surface area contributed by atoms with Gasteiger partial charge in [0.25, 0.3) is 0 Å². The SMILES string of the molecule is N/C=C\C=N\c1ccn[nH]1. The summed E-state index contributed by atoms with van der Waals surface area (Å²) in [6.45, 7) is 0. The molecule has 0 unspecified atom stereocenters. The van der Waals surface area contributed by atoms with Crippen LogP contribution in [0.25, 0.3) is 0 Å². The van der Waals surface area contributed by atoms with Crippen molar-refractivity contribution in [3.63, 3.8) is 0 Å². The normalized spacial score (nSPS) is 11.6. The fourth-order valence-electron chi connectivity index (χ4n) is 0.493. The molecule has 10 heavy (non-hydrogen) atoms. The Morgan fingerprint density at radius 1 is 1.70 bits per heavy atom. The number of rotatable bonds is 2. The van der Waals surface area contributed by atoms with Gasteiger partial charge in [0, 0.05) is 12.3 Å². The molecule has 0 radical (unpaired) electrons. The van der Waals surface area contributed by atoms with E-state index in [1.165, 1.54) is 6.20 Å². The molecule has 0 atom stereocenters. The number of aliphatic imine (C=N–C) groups is 1. The van der Waals surface area contributed by atoms with E-state index in [9.17, 15) is 0 Å². The van der Waals surface area contributed by atoms with Crippen molar-refractivity contribution in [3.8, 4) is 0 Å². The number of nitrogens with zero attached hydrogens (tertiary/aromatic N) is 2. The molecule has 0 aliphatic rings. The zero-order chi connectivity index (χ0) is 7.23. The second-order valence-electron chi connectivity index (χ2n) is 1.60. The summed E-state index contributed by atoms with van der Waals surface area (Å²) in [6.07, 6.45) is 6.28. The van der Waals surface area contributed by atoms with E-state index in [0.29, 0.717) is 0 Å². The topological polar surface area (TPSA) is 67.1 Å². The Balaban J connectivity index is 2.55. The number of hydrogen-bond acceptors (Lipinski definition) is 3. The van der Waals surface area contributed by atoms with E-state index in [0.717, 1.165) is 5.82 Å². The number of allylic oxidation sites excluding steroid dienone is 1. The molecular weight excluding hydrogens is 128 g/mol. The van der Waals surface area contributed by atoms with Crippen LogP contribution < -0.4 is 5.73 Å². The molecule has 3 N–H and O–H groups in total. The number of aromatic amines is 1. The highest BCUT2D eigenvalue weighted by molar-refractivity contribution is 5.73. The lowest BCUT2D eigenvalue weighted by molar-refractivity contribution is 1.08. The van der Waals surface area contributed by atoms with Crippen LogP contribution in [0.15, 0.2) is 29.5 Å². The molecule has 0 aliphatic carbocycles. The number of H-pyrrole nitrogens is 1. The molecule has 4 heteroatoms. The Labute approximate surface area is 58.5 Å². The number of nitrogens with two attached hydrogens (primary N) is 1. The lowest BCUT2D eigenvalue weighted by atomic mass is 10.6. The standard InChI is InChI=1S/C6H8N4/c7-3-1-4-8-6-2-5-9-10-6/h1-5H,7H2,(H,9,10)/b3-1-,8-4+. The zero-order valence-electron chi connectivity index (χ0n) is 5.36. The molecule has 0 aliphatic heterocycles. The summed E-state index contributed by atoms with van der Waals surface area (Å²) in [5.41, 5.74) is 5.07. The minimum atomic E-state index is 0.720. The molecule has 0 saturated heterocycles. The Bertz CT molecular complexity index is 222. The molecule has 4 nitrogen and oxygen atoms in total. The summed E-state index contributed by atoms with van der Waals surface area (Å²) < 4.78 is 0. The molecule has 1 aromatic heterocycles. The van der Waals surface area contributed by atoms with E-state index in [-0.39, 0.29) is 0 Å². The van der Waals surface area contributed by atoms with Crippen LogP contribution in [-0.2, 0) is 0 Å². The third kappa shape index (κ3) is 1.74. The average Bonchev–Trinajstić information content (AvgIpc) is 2.41. The molecule has 0 saturated carbocycles. The Kier molecular flexibility index (Phi) is 2.25. The Morgan fingerprint density at radius 2 is 2.60 bits per heavy atom. The van der Waals surface area contributed by atoms with Gasteiger partial charge in [-0.25, -0.2) is 4.99 Å². The summed E-state index contributed by atoms with van der Waals surface area (Å²) in [4.78, 5) is 3.95. The number of nitrogens with one attached hydrogen (secondary N) is 1. The van der Waals surface area contributed by atoms with Gasteiger partial charge in [0.05, 0.1) is 6.20 Å². The second-order valence-corrected chi connectivity index (χ2v) is 1.60. The fourth-order valence-corrected chi connectivity index (χ4v) is 0.493. The summed E-state index contributed by atoms with van der Waals surface area (Å²) in [5.74, 6) is 0.720. The largest absolute Gasteiger partial charge is 0.405 e. The lowest BCUT2D eigenvalue weighted by Crippen LogP contribution is -1.75. The maximum absolute atomic E-state index is 5.07. The Hall–Kier alpha value is -1.58. The van der Waals surface area contributed by atoms with Gasteiger partial charge in [0.1, 0.15) is 5.82 Å². The molecule has 0 fully saturated rings. The van der Waals surface area contributed by atoms with Gasteiger partial charge in [-0.05, 0) is 12.3 Å². The third-order valence-electron chi connectivity index (χ3n) is 0.897. The molecule has 0 spiro atoms. The molecule has 1 rings (SSSR count). The smallest absolute Gasteiger partial charge is 0.147 e. The van der Waals surface area contributed by atoms with Crippen LogP contribution in [0.5, 0.6) is 0 Å². The second kappa shape index (κ2) is 3.45. The fraction of sp³-hybridized carbons (Fsp3) is 0. The van der Waals surface area contributed by atoms with Gasteiger partial charge < -0.3 is 5.73 Å². The van der Waals surface area contributed by atoms with E-state index in [2.05, 4.69) is 15.2 Å². The first-order chi connectivity index (χ1) is 4.93. The molecular formula is C6H8N4. The van der Waals surface area contributed by atoms with Gasteiger partial charge in [0.15, 0.2) is 0 Å². The van der Waals surface area contributed by atoms with Crippen molar-refractivity contribution < 1.29 is 0 Å². The highest BCUT2D eigenvalue weighted by Gasteiger charge is 1.81. The first kappa shape index (κ1) is 6.54. The van der Waals surface area contributed by atoms with Crippen LogP contribution in [0, 0.1) is 0 Å². The van der Waals surface area contributed by atoms with Crippen molar-refractivity contribution in [3.05, 3.63) is 24.5 Å². The molecule has 1 heterocycles. The predicted molar refractivity (Wildman–Crippen MR) is 40.1 cm³/mol. The van der Waals surface area contributed by atoms with Crippen LogP contribution in [0.1, 0.15) is 0 Å². The summed E-state index contributed by atoms with van der Waals surface area (Å²) in [6, 6.07) is 1.76. The van der Waals surface area contributed by atoms with Gasteiger partial charge in [-0.3, -0.25) is 5.10 Å². The average molecular weight is 136 g/mol. The van der Waals surface area contributed by atoms with Crippen molar-refractivity contribution in [1.82, 2.24) is 10.2 Å². The summed E-state index contributed by atoms with van der Waals surface area (Å²) >= 11 is 0. The molecule has 0 aromatic carbocycles. The highest BCUT2D eigenvalue weighted by Crippen LogP contribution is 2.01. The van der Waals surface area contributed by atoms with Crippen molar-refractivity contribution >= 4 is 12.0 Å². The van der Waals surface area contributed by atoms with Crippen LogP contribution in [-0.4, -0.2) is 16.4 Å². The predicted octanol–water partition coefficient (Wildman–Crippen LogP) is 0.584. The summed E-state index contributed by atoms with van der Waals surface area (Å²) in [7, 11) is 0. The van der Waals surface area contributed by atoms with Gasteiger partial charge in [-0.15, -0.1) is 0 Å². The van der Waals surface area contributed by atoms with E-state index >= 15 is 0 Å². The van der Waals surface area contributed by atoms with Crippen molar-refractivity contribution in [2.75, 3.05) is 0 Å². The molecule has 0 amide bonds. The maximum atomic E-state index is 5.07. The van der Waals surface area contributed by atoms with E-state index < -0.39 is 0 Å². The first-order valence-corrected chi connectivity index (χ1v) is 2.84. The van der Waals surface area contributed by atoms with Crippen LogP contribution in [0.4, 0.5) is 5.82 Å². The van der Waals surface area contributed by atoms with E-state index in [4.69, 9.17) is 5.73 Å². The number of hydrogen-bond donors (Lipinski definition) is 2. The third-order valence-corrected chi connectivity index (χ3v) is 0.897. The maximum Gasteiger partial charge on any atom is 0.147 e. The minimum absolute atomic E-state index is 0.720. The lowest BCUT2D eigenvalue weighted by Gasteiger charge is -1.78. The van der Waals surface area contributed by atoms with Crippen molar-refractivity contribution in [1.29, 1.82) is 0 Å². The highest BCUT2D eigenvalue weighted by atomic mass is 15.1.